The second-order valence-electron chi connectivity index (χ2n) is 12.3. The minimum absolute atomic E-state index is 0.00492. The Morgan fingerprint density at radius 1 is 0.773 bits per heavy atom. The number of amides is 4. The molecule has 0 aliphatic heterocycles. The predicted molar refractivity (Wildman–Crippen MR) is 170 cm³/mol. The van der Waals surface area contributed by atoms with Gasteiger partial charge in [0.25, 0.3) is 0 Å². The monoisotopic (exact) mass is 618 g/mol. The number of hydrogen-bond donors (Lipinski definition) is 7. The number of hydrogen-bond acceptors (Lipinski definition) is 7. The number of carbonyl (C=O) groups excluding carboxylic acids is 4. The van der Waals surface area contributed by atoms with Crippen molar-refractivity contribution in [2.45, 2.75) is 110 Å². The van der Waals surface area contributed by atoms with Gasteiger partial charge < -0.3 is 37.8 Å². The topological polar surface area (TPSA) is 206 Å². The molecule has 12 heteroatoms. The van der Waals surface area contributed by atoms with Crippen LogP contribution in [0.4, 0.5) is 0 Å². The number of carbonyl (C=O) groups is 5. The zero-order valence-electron chi connectivity index (χ0n) is 27.1. The Bertz CT molecular complexity index is 1070. The third kappa shape index (κ3) is 13.4. The molecule has 1 aromatic rings. The summed E-state index contributed by atoms with van der Waals surface area (Å²) in [5.74, 6) is -4.01. The molecule has 0 radical (unpaired) electrons. The van der Waals surface area contributed by atoms with Gasteiger partial charge in [0.1, 0.15) is 24.2 Å². The first-order valence-corrected chi connectivity index (χ1v) is 15.6. The maximum atomic E-state index is 13.6. The van der Waals surface area contributed by atoms with E-state index in [4.69, 9.17) is 11.5 Å². The Labute approximate surface area is 261 Å². The SMILES string of the molecule is CC[C@H](C)[C@H](NC(=O)[C@@H](NC(=O)[C@@H](N)CCCCN)C(C)C)C(=O)N[C@@H](CC(C)C)C(=O)N[C@@H](Cc1ccccc1)C(=O)O. The van der Waals surface area contributed by atoms with Gasteiger partial charge in [-0.15, -0.1) is 0 Å². The summed E-state index contributed by atoms with van der Waals surface area (Å²) in [6, 6.07) is 3.97. The summed E-state index contributed by atoms with van der Waals surface area (Å²) in [5, 5.41) is 20.6. The van der Waals surface area contributed by atoms with Crippen molar-refractivity contribution in [3.05, 3.63) is 35.9 Å². The molecule has 1 aromatic carbocycles. The Balaban J connectivity index is 3.08. The highest BCUT2D eigenvalue weighted by Crippen LogP contribution is 2.13. The molecular weight excluding hydrogens is 564 g/mol. The van der Waals surface area contributed by atoms with E-state index >= 15 is 0 Å². The molecule has 0 aromatic heterocycles. The van der Waals surface area contributed by atoms with E-state index in [0.717, 1.165) is 12.0 Å². The third-order valence-electron chi connectivity index (χ3n) is 7.58. The van der Waals surface area contributed by atoms with Gasteiger partial charge in [0.05, 0.1) is 6.04 Å². The molecule has 248 valence electrons. The van der Waals surface area contributed by atoms with E-state index in [-0.39, 0.29) is 30.6 Å². The van der Waals surface area contributed by atoms with Crippen molar-refractivity contribution in [1.82, 2.24) is 21.3 Å². The minimum Gasteiger partial charge on any atom is -0.480 e. The number of benzene rings is 1. The van der Waals surface area contributed by atoms with Gasteiger partial charge in [-0.05, 0) is 49.1 Å². The van der Waals surface area contributed by atoms with Crippen molar-refractivity contribution < 1.29 is 29.1 Å². The van der Waals surface area contributed by atoms with Crippen molar-refractivity contribution in [1.29, 1.82) is 0 Å². The molecule has 0 spiro atoms. The lowest BCUT2D eigenvalue weighted by atomic mass is 9.95. The van der Waals surface area contributed by atoms with Crippen LogP contribution in [-0.2, 0) is 30.4 Å². The first kappa shape index (κ1) is 38.5. The summed E-state index contributed by atoms with van der Waals surface area (Å²) in [6.07, 6.45) is 2.73. The van der Waals surface area contributed by atoms with Crippen LogP contribution in [0.5, 0.6) is 0 Å². The molecule has 0 bridgehead atoms. The van der Waals surface area contributed by atoms with Gasteiger partial charge in [0, 0.05) is 6.42 Å². The average molecular weight is 619 g/mol. The lowest BCUT2D eigenvalue weighted by Crippen LogP contribution is -2.60. The van der Waals surface area contributed by atoms with Gasteiger partial charge in [-0.1, -0.05) is 84.7 Å². The Hall–Kier alpha value is -3.51. The van der Waals surface area contributed by atoms with Crippen molar-refractivity contribution in [3.63, 3.8) is 0 Å². The van der Waals surface area contributed by atoms with Crippen molar-refractivity contribution in [3.8, 4) is 0 Å². The molecule has 12 nitrogen and oxygen atoms in total. The molecule has 0 unspecified atom stereocenters. The molecule has 6 atom stereocenters. The maximum Gasteiger partial charge on any atom is 0.326 e. The van der Waals surface area contributed by atoms with Crippen LogP contribution in [0.2, 0.25) is 0 Å². The number of nitrogens with one attached hydrogen (secondary N) is 4. The summed E-state index contributed by atoms with van der Waals surface area (Å²) in [6.45, 7) is 11.5. The highest BCUT2D eigenvalue weighted by molar-refractivity contribution is 5.95. The highest BCUT2D eigenvalue weighted by Gasteiger charge is 2.34. The van der Waals surface area contributed by atoms with Gasteiger partial charge in [-0.2, -0.15) is 0 Å². The third-order valence-corrected chi connectivity index (χ3v) is 7.58. The van der Waals surface area contributed by atoms with Crippen LogP contribution in [0.3, 0.4) is 0 Å². The average Bonchev–Trinajstić information content (AvgIpc) is 2.97. The van der Waals surface area contributed by atoms with E-state index in [0.29, 0.717) is 25.8 Å². The van der Waals surface area contributed by atoms with E-state index in [1.807, 2.05) is 26.8 Å². The number of nitrogens with two attached hydrogens (primary N) is 2. The molecule has 0 heterocycles. The Morgan fingerprint density at radius 2 is 1.34 bits per heavy atom. The lowest BCUT2D eigenvalue weighted by Gasteiger charge is -2.30. The first-order valence-electron chi connectivity index (χ1n) is 15.6. The fourth-order valence-corrected chi connectivity index (χ4v) is 4.67. The fraction of sp³-hybridized carbons (Fsp3) is 0.656. The molecule has 1 rings (SSSR count). The summed E-state index contributed by atoms with van der Waals surface area (Å²) >= 11 is 0. The zero-order chi connectivity index (χ0) is 33.4. The quantitative estimate of drug-likeness (QED) is 0.106. The molecule has 0 aliphatic rings. The van der Waals surface area contributed by atoms with Crippen LogP contribution in [0, 0.1) is 17.8 Å². The first-order chi connectivity index (χ1) is 20.7. The highest BCUT2D eigenvalue weighted by atomic mass is 16.4. The number of rotatable bonds is 20. The molecule has 9 N–H and O–H groups in total. The van der Waals surface area contributed by atoms with E-state index < -0.39 is 59.8 Å². The number of unbranched alkanes of at least 4 members (excludes halogenated alkanes) is 1. The standard InChI is InChI=1S/C32H54N6O6/c1-7-21(6)27(38-30(41)26(20(4)5)37-28(39)23(34)15-11-12-16-33)31(42)35-24(17-19(2)3)29(40)36-25(32(43)44)18-22-13-9-8-10-14-22/h8-10,13-14,19-21,23-27H,7,11-12,15-18,33-34H2,1-6H3,(H,35,42)(H,36,40)(H,37,39)(H,38,41)(H,43,44)/t21-,23-,24-,25-,26-,27-/m0/s1. The van der Waals surface area contributed by atoms with Crippen LogP contribution in [0.15, 0.2) is 30.3 Å². The zero-order valence-corrected chi connectivity index (χ0v) is 27.1. The molecule has 44 heavy (non-hydrogen) atoms. The van der Waals surface area contributed by atoms with E-state index in [2.05, 4.69) is 21.3 Å². The molecule has 0 aliphatic carbocycles. The van der Waals surface area contributed by atoms with E-state index in [9.17, 15) is 29.1 Å². The number of carboxylic acids is 1. The summed E-state index contributed by atoms with van der Waals surface area (Å²) < 4.78 is 0. The van der Waals surface area contributed by atoms with E-state index in [1.165, 1.54) is 0 Å². The van der Waals surface area contributed by atoms with Crippen LogP contribution in [0.1, 0.15) is 79.2 Å². The minimum atomic E-state index is -1.20. The summed E-state index contributed by atoms with van der Waals surface area (Å²) in [5.41, 5.74) is 12.3. The lowest BCUT2D eigenvalue weighted by molar-refractivity contribution is -0.142. The van der Waals surface area contributed by atoms with Crippen molar-refractivity contribution >= 4 is 29.6 Å². The predicted octanol–water partition coefficient (Wildman–Crippen LogP) is 1.46. The molecule has 4 amide bonds. The van der Waals surface area contributed by atoms with Gasteiger partial charge >= 0.3 is 5.97 Å². The van der Waals surface area contributed by atoms with Crippen LogP contribution in [0.25, 0.3) is 0 Å². The Morgan fingerprint density at radius 3 is 1.86 bits per heavy atom. The van der Waals surface area contributed by atoms with Crippen LogP contribution >= 0.6 is 0 Å². The largest absolute Gasteiger partial charge is 0.480 e. The number of carboxylic acid groups (broad SMARTS) is 1. The van der Waals surface area contributed by atoms with Crippen molar-refractivity contribution in [2.24, 2.45) is 29.2 Å². The molecule has 0 saturated carbocycles. The summed E-state index contributed by atoms with van der Waals surface area (Å²) in [7, 11) is 0. The number of aliphatic carboxylic acids is 1. The second kappa shape index (κ2) is 19.7. The second-order valence-corrected chi connectivity index (χ2v) is 12.3. The molecule has 0 saturated heterocycles. The van der Waals surface area contributed by atoms with Gasteiger partial charge in [-0.3, -0.25) is 19.2 Å². The normalized spacial score (nSPS) is 15.4. The summed E-state index contributed by atoms with van der Waals surface area (Å²) in [4.78, 5) is 65.1. The molecule has 0 fully saturated rings. The smallest absolute Gasteiger partial charge is 0.326 e. The van der Waals surface area contributed by atoms with Gasteiger partial charge in [0.15, 0.2) is 0 Å². The van der Waals surface area contributed by atoms with Crippen LogP contribution in [-0.4, -0.2) is 71.5 Å². The van der Waals surface area contributed by atoms with Gasteiger partial charge in [-0.25, -0.2) is 4.79 Å². The van der Waals surface area contributed by atoms with Crippen LogP contribution < -0.4 is 32.7 Å². The van der Waals surface area contributed by atoms with E-state index in [1.54, 1.807) is 45.0 Å². The van der Waals surface area contributed by atoms with Crippen molar-refractivity contribution in [2.75, 3.05) is 6.54 Å². The maximum absolute atomic E-state index is 13.6. The fourth-order valence-electron chi connectivity index (χ4n) is 4.67. The molecular formula is C32H54N6O6. The Kier molecular flexibility index (Phi) is 17.2. The van der Waals surface area contributed by atoms with Gasteiger partial charge in [0.2, 0.25) is 23.6 Å².